The Hall–Kier alpha value is -2.50. The number of esters is 1. The van der Waals surface area contributed by atoms with Gasteiger partial charge in [0.1, 0.15) is 5.52 Å². The van der Waals surface area contributed by atoms with Crippen LogP contribution in [-0.4, -0.2) is 15.9 Å². The number of rotatable bonds is 4. The van der Waals surface area contributed by atoms with E-state index in [1.54, 1.807) is 26.0 Å². The highest BCUT2D eigenvalue weighted by molar-refractivity contribution is 5.94. The molecular formula is C15H16N2O4. The molecule has 1 aromatic carbocycles. The number of benzene rings is 1. The van der Waals surface area contributed by atoms with Crippen molar-refractivity contribution in [1.29, 1.82) is 0 Å². The highest BCUT2D eigenvalue weighted by Crippen LogP contribution is 2.33. The third-order valence-corrected chi connectivity index (χ3v) is 3.55. The molecule has 0 unspecified atom stereocenters. The van der Waals surface area contributed by atoms with E-state index in [2.05, 4.69) is 4.98 Å². The first-order valence-electron chi connectivity index (χ1n) is 6.61. The molecule has 1 heterocycles. The molecule has 0 aliphatic heterocycles. The van der Waals surface area contributed by atoms with Gasteiger partial charge in [-0.15, -0.1) is 0 Å². The number of pyridine rings is 1. The van der Waals surface area contributed by atoms with Crippen LogP contribution in [0.25, 0.3) is 10.9 Å². The lowest BCUT2D eigenvalue weighted by Gasteiger charge is -2.20. The van der Waals surface area contributed by atoms with Crippen LogP contribution in [-0.2, 0) is 4.79 Å². The number of carbonyl (C=O) groups excluding carboxylic acids is 1. The fourth-order valence-corrected chi connectivity index (χ4v) is 1.76. The van der Waals surface area contributed by atoms with Gasteiger partial charge in [0, 0.05) is 12.3 Å². The molecule has 0 aliphatic carbocycles. The van der Waals surface area contributed by atoms with Crippen molar-refractivity contribution in [2.24, 2.45) is 5.41 Å². The minimum Gasteiger partial charge on any atom is -0.424 e. The van der Waals surface area contributed by atoms with E-state index in [-0.39, 0.29) is 17.4 Å². The number of carbonyl (C=O) groups is 1. The average Bonchev–Trinajstić information content (AvgIpc) is 2.47. The standard InChI is InChI=1S/C15H16N2O4/c1-4-15(2,3)14(18)21-12-8-7-11(17(19)20)10-6-5-9-16-13(10)12/h5-9H,4H2,1-3H3. The number of ether oxygens (including phenoxy) is 1. The van der Waals surface area contributed by atoms with Crippen LogP contribution in [0, 0.1) is 15.5 Å². The van der Waals surface area contributed by atoms with Crippen molar-refractivity contribution in [3.05, 3.63) is 40.6 Å². The van der Waals surface area contributed by atoms with E-state index in [0.717, 1.165) is 0 Å². The molecule has 6 heteroatoms. The molecular weight excluding hydrogens is 272 g/mol. The van der Waals surface area contributed by atoms with Gasteiger partial charge in [-0.1, -0.05) is 6.92 Å². The van der Waals surface area contributed by atoms with Crippen LogP contribution in [0.2, 0.25) is 0 Å². The Morgan fingerprint density at radius 3 is 2.71 bits per heavy atom. The van der Waals surface area contributed by atoms with Crippen molar-refractivity contribution < 1.29 is 14.5 Å². The Morgan fingerprint density at radius 1 is 1.38 bits per heavy atom. The van der Waals surface area contributed by atoms with E-state index in [0.29, 0.717) is 17.3 Å². The van der Waals surface area contributed by atoms with Gasteiger partial charge in [0.05, 0.1) is 15.7 Å². The molecule has 2 rings (SSSR count). The topological polar surface area (TPSA) is 82.3 Å². The number of aromatic nitrogens is 1. The maximum atomic E-state index is 12.1. The van der Waals surface area contributed by atoms with Crippen molar-refractivity contribution in [3.63, 3.8) is 0 Å². The third-order valence-electron chi connectivity index (χ3n) is 3.55. The van der Waals surface area contributed by atoms with Gasteiger partial charge in [-0.25, -0.2) is 0 Å². The normalized spacial score (nSPS) is 11.4. The predicted octanol–water partition coefficient (Wildman–Crippen LogP) is 3.48. The molecule has 0 bridgehead atoms. The Morgan fingerprint density at radius 2 is 2.10 bits per heavy atom. The summed E-state index contributed by atoms with van der Waals surface area (Å²) in [5.74, 6) is -0.145. The lowest BCUT2D eigenvalue weighted by Crippen LogP contribution is -2.28. The quantitative estimate of drug-likeness (QED) is 0.372. The fourth-order valence-electron chi connectivity index (χ4n) is 1.76. The van der Waals surface area contributed by atoms with Gasteiger partial charge in [0.25, 0.3) is 5.69 Å². The molecule has 0 saturated carbocycles. The number of fused-ring (bicyclic) bond motifs is 1. The molecule has 0 fully saturated rings. The minimum absolute atomic E-state index is 0.0624. The van der Waals surface area contributed by atoms with E-state index in [9.17, 15) is 14.9 Å². The summed E-state index contributed by atoms with van der Waals surface area (Å²) in [4.78, 5) is 26.8. The Kier molecular flexibility index (Phi) is 3.88. The lowest BCUT2D eigenvalue weighted by molar-refractivity contribution is -0.383. The van der Waals surface area contributed by atoms with E-state index in [4.69, 9.17) is 4.74 Å². The smallest absolute Gasteiger partial charge is 0.316 e. The summed E-state index contributed by atoms with van der Waals surface area (Å²) in [6.45, 7) is 5.47. The number of nitrogens with zero attached hydrogens (tertiary/aromatic N) is 2. The van der Waals surface area contributed by atoms with Crippen molar-refractivity contribution >= 4 is 22.6 Å². The first-order valence-corrected chi connectivity index (χ1v) is 6.61. The van der Waals surface area contributed by atoms with Crippen LogP contribution in [0.4, 0.5) is 5.69 Å². The van der Waals surface area contributed by atoms with Gasteiger partial charge in [0.15, 0.2) is 5.75 Å². The molecule has 0 atom stereocenters. The molecule has 0 radical (unpaired) electrons. The molecule has 0 spiro atoms. The number of nitro benzene ring substituents is 1. The van der Waals surface area contributed by atoms with E-state index in [1.807, 2.05) is 6.92 Å². The zero-order valence-corrected chi connectivity index (χ0v) is 12.1. The van der Waals surface area contributed by atoms with Gasteiger partial charge >= 0.3 is 5.97 Å². The summed E-state index contributed by atoms with van der Waals surface area (Å²) in [6, 6.07) is 5.93. The predicted molar refractivity (Wildman–Crippen MR) is 78.1 cm³/mol. The molecule has 0 saturated heterocycles. The second-order valence-corrected chi connectivity index (χ2v) is 5.37. The Labute approximate surface area is 121 Å². The molecule has 6 nitrogen and oxygen atoms in total. The van der Waals surface area contributed by atoms with Crippen LogP contribution in [0.5, 0.6) is 5.75 Å². The molecule has 0 amide bonds. The summed E-state index contributed by atoms with van der Waals surface area (Å²) < 4.78 is 5.39. The van der Waals surface area contributed by atoms with Crippen molar-refractivity contribution in [2.45, 2.75) is 27.2 Å². The summed E-state index contributed by atoms with van der Waals surface area (Å²) in [6.07, 6.45) is 2.14. The minimum atomic E-state index is -0.622. The van der Waals surface area contributed by atoms with Gasteiger partial charge in [-0.05, 0) is 38.5 Å². The first-order chi connectivity index (χ1) is 9.86. The van der Waals surface area contributed by atoms with Gasteiger partial charge in [-0.2, -0.15) is 0 Å². The third kappa shape index (κ3) is 2.84. The van der Waals surface area contributed by atoms with Crippen LogP contribution in [0.15, 0.2) is 30.5 Å². The summed E-state index contributed by atoms with van der Waals surface area (Å²) in [7, 11) is 0. The van der Waals surface area contributed by atoms with Crippen molar-refractivity contribution in [2.75, 3.05) is 0 Å². The largest absolute Gasteiger partial charge is 0.424 e. The first kappa shape index (κ1) is 14.9. The zero-order valence-electron chi connectivity index (χ0n) is 12.1. The molecule has 2 aromatic rings. The van der Waals surface area contributed by atoms with Crippen LogP contribution >= 0.6 is 0 Å². The van der Waals surface area contributed by atoms with Crippen LogP contribution < -0.4 is 4.74 Å². The zero-order chi connectivity index (χ0) is 15.6. The van der Waals surface area contributed by atoms with Crippen molar-refractivity contribution in [1.82, 2.24) is 4.98 Å². The number of hydrogen-bond donors (Lipinski definition) is 0. The fraction of sp³-hybridized carbons (Fsp3) is 0.333. The Balaban J connectivity index is 2.50. The summed E-state index contributed by atoms with van der Waals surface area (Å²) in [5.41, 5.74) is -0.373. The van der Waals surface area contributed by atoms with Gasteiger partial charge < -0.3 is 4.74 Å². The maximum absolute atomic E-state index is 12.1. The van der Waals surface area contributed by atoms with E-state index < -0.39 is 10.3 Å². The SMILES string of the molecule is CCC(C)(C)C(=O)Oc1ccc([N+](=O)[O-])c2cccnc12. The number of hydrogen-bond acceptors (Lipinski definition) is 5. The molecule has 110 valence electrons. The van der Waals surface area contributed by atoms with Crippen LogP contribution in [0.1, 0.15) is 27.2 Å². The van der Waals surface area contributed by atoms with Crippen molar-refractivity contribution in [3.8, 4) is 5.75 Å². The highest BCUT2D eigenvalue weighted by atomic mass is 16.6. The molecule has 0 N–H and O–H groups in total. The summed E-state index contributed by atoms with van der Waals surface area (Å²) >= 11 is 0. The number of non-ortho nitro benzene ring substituents is 1. The highest BCUT2D eigenvalue weighted by Gasteiger charge is 2.28. The van der Waals surface area contributed by atoms with Gasteiger partial charge in [0.2, 0.25) is 0 Å². The molecule has 1 aromatic heterocycles. The van der Waals surface area contributed by atoms with Gasteiger partial charge in [-0.3, -0.25) is 19.9 Å². The van der Waals surface area contributed by atoms with E-state index in [1.165, 1.54) is 18.3 Å². The monoisotopic (exact) mass is 288 g/mol. The average molecular weight is 288 g/mol. The molecule has 0 aliphatic rings. The van der Waals surface area contributed by atoms with Crippen LogP contribution in [0.3, 0.4) is 0 Å². The second kappa shape index (κ2) is 5.47. The second-order valence-electron chi connectivity index (χ2n) is 5.37. The van der Waals surface area contributed by atoms with E-state index >= 15 is 0 Å². The number of nitro groups is 1. The summed E-state index contributed by atoms with van der Waals surface area (Å²) in [5, 5.41) is 11.4. The maximum Gasteiger partial charge on any atom is 0.316 e. The molecule has 21 heavy (non-hydrogen) atoms. The Bertz CT molecular complexity index is 710. The lowest BCUT2D eigenvalue weighted by atomic mass is 9.91.